The third-order valence-electron chi connectivity index (χ3n) is 3.43. The van der Waals surface area contributed by atoms with Crippen LogP contribution in [-0.2, 0) is 10.0 Å². The van der Waals surface area contributed by atoms with Crippen molar-refractivity contribution >= 4 is 37.7 Å². The van der Waals surface area contributed by atoms with Crippen LogP contribution in [0.1, 0.15) is 18.0 Å². The summed E-state index contributed by atoms with van der Waals surface area (Å²) in [5.74, 6) is 0.438. The van der Waals surface area contributed by atoms with Gasteiger partial charge in [-0.15, -0.1) is 11.8 Å². The molecule has 1 aliphatic rings. The molecule has 2 aromatic carbocycles. The summed E-state index contributed by atoms with van der Waals surface area (Å²) in [7, 11) is -3.67. The number of nitrogens with one attached hydrogen (secondary N) is 1. The SMILES string of the molecule is O=S(=O)(N[C@@H]1CCSc2ccc(F)cc21)c1ccccc1Br. The second kappa shape index (κ2) is 6.31. The first-order chi connectivity index (χ1) is 10.5. The van der Waals surface area contributed by atoms with E-state index in [4.69, 9.17) is 0 Å². The topological polar surface area (TPSA) is 46.2 Å². The molecule has 0 spiro atoms. The van der Waals surface area contributed by atoms with Crippen LogP contribution >= 0.6 is 27.7 Å². The van der Waals surface area contributed by atoms with Gasteiger partial charge in [-0.05, 0) is 64.0 Å². The number of hydrogen-bond donors (Lipinski definition) is 1. The van der Waals surface area contributed by atoms with Crippen molar-refractivity contribution in [2.75, 3.05) is 5.75 Å². The minimum Gasteiger partial charge on any atom is -0.207 e. The Kier molecular flexibility index (Phi) is 4.59. The van der Waals surface area contributed by atoms with Gasteiger partial charge in [0.1, 0.15) is 5.82 Å². The van der Waals surface area contributed by atoms with Crippen molar-refractivity contribution in [3.8, 4) is 0 Å². The molecule has 0 unspecified atom stereocenters. The third kappa shape index (κ3) is 3.22. The van der Waals surface area contributed by atoms with Gasteiger partial charge in [-0.1, -0.05) is 12.1 Å². The van der Waals surface area contributed by atoms with Gasteiger partial charge in [-0.3, -0.25) is 0 Å². The normalized spacial score (nSPS) is 18.0. The van der Waals surface area contributed by atoms with Crippen molar-refractivity contribution < 1.29 is 12.8 Å². The number of rotatable bonds is 3. The van der Waals surface area contributed by atoms with Gasteiger partial charge in [-0.25, -0.2) is 17.5 Å². The molecule has 1 heterocycles. The lowest BCUT2D eigenvalue weighted by molar-refractivity contribution is 0.541. The van der Waals surface area contributed by atoms with Crippen LogP contribution in [0.3, 0.4) is 0 Å². The highest BCUT2D eigenvalue weighted by Gasteiger charge is 2.27. The van der Waals surface area contributed by atoms with E-state index in [0.717, 1.165) is 10.6 Å². The van der Waals surface area contributed by atoms with Crippen molar-refractivity contribution in [1.29, 1.82) is 0 Å². The zero-order chi connectivity index (χ0) is 15.7. The molecule has 116 valence electrons. The first-order valence-corrected chi connectivity index (χ1v) is 9.93. The van der Waals surface area contributed by atoms with E-state index in [9.17, 15) is 12.8 Å². The van der Waals surface area contributed by atoms with Gasteiger partial charge in [0.25, 0.3) is 0 Å². The summed E-state index contributed by atoms with van der Waals surface area (Å²) in [6, 6.07) is 10.7. The Morgan fingerprint density at radius 2 is 2.00 bits per heavy atom. The zero-order valence-electron chi connectivity index (χ0n) is 11.4. The molecular weight excluding hydrogens is 389 g/mol. The Morgan fingerprint density at radius 1 is 1.23 bits per heavy atom. The van der Waals surface area contributed by atoms with Crippen LogP contribution in [-0.4, -0.2) is 14.2 Å². The highest BCUT2D eigenvalue weighted by molar-refractivity contribution is 9.10. The van der Waals surface area contributed by atoms with Gasteiger partial charge in [0, 0.05) is 15.4 Å². The van der Waals surface area contributed by atoms with Crippen LogP contribution < -0.4 is 4.72 Å². The van der Waals surface area contributed by atoms with Gasteiger partial charge in [0.2, 0.25) is 10.0 Å². The molecule has 0 aromatic heterocycles. The molecule has 1 atom stereocenters. The summed E-state index contributed by atoms with van der Waals surface area (Å²) < 4.78 is 41.8. The molecule has 1 N–H and O–H groups in total. The fraction of sp³-hybridized carbons (Fsp3) is 0.200. The quantitative estimate of drug-likeness (QED) is 0.841. The van der Waals surface area contributed by atoms with E-state index in [-0.39, 0.29) is 10.7 Å². The highest BCUT2D eigenvalue weighted by atomic mass is 79.9. The number of benzene rings is 2. The Hall–Kier alpha value is -0.890. The van der Waals surface area contributed by atoms with E-state index in [1.54, 1.807) is 36.0 Å². The molecule has 3 nitrogen and oxygen atoms in total. The lowest BCUT2D eigenvalue weighted by Gasteiger charge is -2.26. The second-order valence-corrected chi connectivity index (χ2v) is 8.60. The molecule has 0 amide bonds. The Bertz CT molecular complexity index is 811. The number of sulfonamides is 1. The monoisotopic (exact) mass is 401 g/mol. The minimum atomic E-state index is -3.67. The van der Waals surface area contributed by atoms with E-state index < -0.39 is 16.1 Å². The van der Waals surface area contributed by atoms with Gasteiger partial charge in [0.05, 0.1) is 4.90 Å². The van der Waals surface area contributed by atoms with Crippen LogP contribution in [0.25, 0.3) is 0 Å². The standard InChI is InChI=1S/C15H13BrFNO2S2/c16-12-3-1-2-4-15(12)22(19,20)18-13-7-8-21-14-6-5-10(17)9-11(13)14/h1-6,9,13,18H,7-8H2/t13-/m1/s1. The molecule has 0 bridgehead atoms. The molecule has 22 heavy (non-hydrogen) atoms. The van der Waals surface area contributed by atoms with Crippen LogP contribution in [0.5, 0.6) is 0 Å². The summed E-state index contributed by atoms with van der Waals surface area (Å²) in [6.07, 6.45) is 0.630. The average molecular weight is 402 g/mol. The highest BCUT2D eigenvalue weighted by Crippen LogP contribution is 2.37. The van der Waals surface area contributed by atoms with Gasteiger partial charge < -0.3 is 0 Å². The van der Waals surface area contributed by atoms with Crippen LogP contribution in [0.15, 0.2) is 56.7 Å². The molecule has 0 radical (unpaired) electrons. The Balaban J connectivity index is 1.95. The van der Waals surface area contributed by atoms with Crippen molar-refractivity contribution in [2.45, 2.75) is 22.3 Å². The molecule has 0 saturated carbocycles. The van der Waals surface area contributed by atoms with Crippen LogP contribution in [0, 0.1) is 5.82 Å². The van der Waals surface area contributed by atoms with Crippen LogP contribution in [0.2, 0.25) is 0 Å². The Morgan fingerprint density at radius 3 is 2.77 bits per heavy atom. The Labute approximate surface area is 141 Å². The molecule has 0 aliphatic carbocycles. The lowest BCUT2D eigenvalue weighted by atomic mass is 10.0. The fourth-order valence-electron chi connectivity index (χ4n) is 2.40. The minimum absolute atomic E-state index is 0.186. The van der Waals surface area contributed by atoms with Crippen molar-refractivity contribution in [3.63, 3.8) is 0 Å². The maximum absolute atomic E-state index is 13.5. The number of thioether (sulfide) groups is 1. The summed E-state index contributed by atoms with van der Waals surface area (Å²) in [5.41, 5.74) is 0.701. The average Bonchev–Trinajstić information content (AvgIpc) is 2.48. The zero-order valence-corrected chi connectivity index (χ0v) is 14.6. The summed E-state index contributed by atoms with van der Waals surface area (Å²) in [5, 5.41) is 0. The summed E-state index contributed by atoms with van der Waals surface area (Å²) in [4.78, 5) is 1.11. The molecule has 0 fully saturated rings. The maximum Gasteiger partial charge on any atom is 0.242 e. The first-order valence-electron chi connectivity index (χ1n) is 6.66. The fourth-order valence-corrected chi connectivity index (χ4v) is 5.76. The lowest BCUT2D eigenvalue weighted by Crippen LogP contribution is -2.31. The largest absolute Gasteiger partial charge is 0.242 e. The predicted octanol–water partition coefficient (Wildman–Crippen LogP) is 4.10. The number of fused-ring (bicyclic) bond motifs is 1. The summed E-state index contributed by atoms with van der Waals surface area (Å²) >= 11 is 4.87. The van der Waals surface area contributed by atoms with E-state index in [0.29, 0.717) is 16.5 Å². The smallest absolute Gasteiger partial charge is 0.207 e. The molecule has 1 aliphatic heterocycles. The molecule has 0 saturated heterocycles. The molecule has 2 aromatic rings. The van der Waals surface area contributed by atoms with Gasteiger partial charge in [-0.2, -0.15) is 0 Å². The number of halogens is 2. The number of hydrogen-bond acceptors (Lipinski definition) is 3. The van der Waals surface area contributed by atoms with E-state index >= 15 is 0 Å². The van der Waals surface area contributed by atoms with Crippen LogP contribution in [0.4, 0.5) is 4.39 Å². The van der Waals surface area contributed by atoms with E-state index in [2.05, 4.69) is 20.7 Å². The van der Waals surface area contributed by atoms with Gasteiger partial charge in [0.15, 0.2) is 0 Å². The van der Waals surface area contributed by atoms with Crippen molar-refractivity contribution in [2.24, 2.45) is 0 Å². The first kappa shape index (κ1) is 16.0. The second-order valence-electron chi connectivity index (χ2n) is 4.92. The molecule has 3 rings (SSSR count). The molecular formula is C15H13BrFNO2S2. The third-order valence-corrected chi connectivity index (χ3v) is 7.04. The van der Waals surface area contributed by atoms with Gasteiger partial charge >= 0.3 is 0 Å². The molecule has 7 heteroatoms. The van der Waals surface area contributed by atoms with Crippen molar-refractivity contribution in [3.05, 3.63) is 58.3 Å². The van der Waals surface area contributed by atoms with E-state index in [1.807, 2.05) is 0 Å². The van der Waals surface area contributed by atoms with E-state index in [1.165, 1.54) is 18.2 Å². The predicted molar refractivity (Wildman–Crippen MR) is 88.9 cm³/mol. The maximum atomic E-state index is 13.5. The summed E-state index contributed by atoms with van der Waals surface area (Å²) in [6.45, 7) is 0. The van der Waals surface area contributed by atoms with Crippen molar-refractivity contribution in [1.82, 2.24) is 4.72 Å².